The Morgan fingerprint density at radius 2 is 2.06 bits per heavy atom. The minimum absolute atomic E-state index is 0.00691. The van der Waals surface area contributed by atoms with Crippen LogP contribution in [0.15, 0.2) is 57.1 Å². The van der Waals surface area contributed by atoms with E-state index in [9.17, 15) is 24.5 Å². The summed E-state index contributed by atoms with van der Waals surface area (Å²) in [7, 11) is 1.51. The molecular formula is C22H18N4O8S. The minimum Gasteiger partial charge on any atom is -0.495 e. The van der Waals surface area contributed by atoms with Gasteiger partial charge in [0, 0.05) is 11.4 Å². The normalized spacial score (nSPS) is 10.8. The first-order chi connectivity index (χ1) is 16.8. The number of rotatable bonds is 9. The van der Waals surface area contributed by atoms with Gasteiger partial charge in [-0.3, -0.25) is 24.3 Å². The van der Waals surface area contributed by atoms with E-state index in [4.69, 9.17) is 13.9 Å². The van der Waals surface area contributed by atoms with Gasteiger partial charge in [0.05, 0.1) is 41.4 Å². The van der Waals surface area contributed by atoms with Gasteiger partial charge in [0.25, 0.3) is 5.69 Å². The number of hydrogen-bond acceptors (Lipinski definition) is 10. The number of hydrogen-bond donors (Lipinski definition) is 1. The lowest BCUT2D eigenvalue weighted by atomic mass is 10.3. The molecule has 2 aromatic heterocycles. The van der Waals surface area contributed by atoms with E-state index in [1.54, 1.807) is 29.6 Å². The first-order valence-corrected chi connectivity index (χ1v) is 11.0. The number of carbonyl (C=O) groups excluding carboxylic acids is 2. The number of fused-ring (bicyclic) bond motifs is 1. The average molecular weight is 498 g/mol. The number of nitro benzene ring substituents is 1. The van der Waals surface area contributed by atoms with Gasteiger partial charge in [0.15, 0.2) is 5.58 Å². The molecule has 0 saturated carbocycles. The molecule has 0 spiro atoms. The van der Waals surface area contributed by atoms with Crippen molar-refractivity contribution in [2.45, 2.75) is 19.6 Å². The quantitative estimate of drug-likeness (QED) is 0.208. The topological polar surface area (TPSA) is 156 Å². The summed E-state index contributed by atoms with van der Waals surface area (Å²) in [5, 5.41) is 15.8. The summed E-state index contributed by atoms with van der Waals surface area (Å²) < 4.78 is 16.4. The number of thiazole rings is 1. The number of amides is 1. The molecule has 0 aliphatic heterocycles. The molecule has 1 amide bonds. The Labute approximate surface area is 200 Å². The van der Waals surface area contributed by atoms with Crippen LogP contribution in [0.25, 0.3) is 11.1 Å². The predicted molar refractivity (Wildman–Crippen MR) is 124 cm³/mol. The number of nitrogens with zero attached hydrogens (tertiary/aromatic N) is 3. The van der Waals surface area contributed by atoms with Crippen molar-refractivity contribution in [2.24, 2.45) is 0 Å². The van der Waals surface area contributed by atoms with Gasteiger partial charge >= 0.3 is 11.7 Å². The van der Waals surface area contributed by atoms with E-state index < -0.39 is 23.2 Å². The van der Waals surface area contributed by atoms with Gasteiger partial charge in [-0.1, -0.05) is 12.1 Å². The third-order valence-corrected chi connectivity index (χ3v) is 5.72. The number of ether oxygens (including phenoxy) is 2. The molecule has 2 aromatic carbocycles. The van der Waals surface area contributed by atoms with Crippen molar-refractivity contribution >= 4 is 45.7 Å². The van der Waals surface area contributed by atoms with Crippen LogP contribution >= 0.6 is 11.3 Å². The van der Waals surface area contributed by atoms with Crippen LogP contribution in [-0.2, 0) is 33.9 Å². The van der Waals surface area contributed by atoms with E-state index in [0.717, 1.165) is 10.6 Å². The Bertz CT molecular complexity index is 1470. The van der Waals surface area contributed by atoms with Crippen LogP contribution in [0.4, 0.5) is 11.4 Å². The molecular weight excluding hydrogens is 480 g/mol. The Balaban J connectivity index is 1.33. The van der Waals surface area contributed by atoms with Crippen molar-refractivity contribution in [3.8, 4) is 5.75 Å². The fourth-order valence-corrected chi connectivity index (χ4v) is 4.00. The largest absolute Gasteiger partial charge is 0.495 e. The number of nitrogens with one attached hydrogen (secondary N) is 1. The summed E-state index contributed by atoms with van der Waals surface area (Å²) in [5.41, 5.74) is 0.977. The van der Waals surface area contributed by atoms with Crippen LogP contribution < -0.4 is 15.8 Å². The number of benzene rings is 2. The molecule has 0 aliphatic carbocycles. The molecule has 0 radical (unpaired) electrons. The Morgan fingerprint density at radius 3 is 2.83 bits per heavy atom. The molecule has 4 rings (SSSR count). The zero-order chi connectivity index (χ0) is 24.9. The standard InChI is InChI=1S/C22H18N4O8S/c1-32-17-5-3-2-4-15(17)24-19(27)9-20-23-13(12-35-20)11-33-21(28)10-25-16-7-6-14(26(30)31)8-18(16)34-22(25)29/h2-8,12H,9-11H2,1H3,(H,24,27). The fraction of sp³-hybridized carbons (Fsp3) is 0.182. The van der Waals surface area contributed by atoms with Gasteiger partial charge in [-0.05, 0) is 18.2 Å². The highest BCUT2D eigenvalue weighted by atomic mass is 32.1. The van der Waals surface area contributed by atoms with Gasteiger partial charge in [0.1, 0.15) is 23.9 Å². The molecule has 0 atom stereocenters. The molecule has 0 bridgehead atoms. The third-order valence-electron chi connectivity index (χ3n) is 4.82. The highest BCUT2D eigenvalue weighted by Gasteiger charge is 2.17. The number of esters is 1. The molecule has 0 aliphatic rings. The van der Waals surface area contributed by atoms with Crippen LogP contribution in [0.1, 0.15) is 10.7 Å². The molecule has 4 aromatic rings. The lowest BCUT2D eigenvalue weighted by Crippen LogP contribution is -2.21. The maximum atomic E-state index is 12.3. The number of anilines is 1. The van der Waals surface area contributed by atoms with Crippen molar-refractivity contribution in [3.63, 3.8) is 0 Å². The number of non-ortho nitro benzene ring substituents is 1. The van der Waals surface area contributed by atoms with E-state index in [-0.39, 0.29) is 35.7 Å². The molecule has 0 saturated heterocycles. The molecule has 0 unspecified atom stereocenters. The first kappa shape index (κ1) is 23.6. The summed E-state index contributed by atoms with van der Waals surface area (Å²) in [5.74, 6) is -1.31. The van der Waals surface area contributed by atoms with Crippen molar-refractivity contribution in [1.82, 2.24) is 9.55 Å². The third kappa shape index (κ3) is 5.52. The SMILES string of the molecule is COc1ccccc1NC(=O)Cc1nc(COC(=O)Cn2c(=O)oc3cc([N+](=O)[O-])ccc32)cs1. The number of aromatic nitrogens is 2. The van der Waals surface area contributed by atoms with Crippen LogP contribution in [0.2, 0.25) is 0 Å². The van der Waals surface area contributed by atoms with Crippen molar-refractivity contribution in [3.05, 3.63) is 79.2 Å². The Kier molecular flexibility index (Phi) is 6.87. The summed E-state index contributed by atoms with van der Waals surface area (Å²) in [6.45, 7) is -0.596. The van der Waals surface area contributed by atoms with Crippen molar-refractivity contribution < 1.29 is 28.4 Å². The van der Waals surface area contributed by atoms with Crippen LogP contribution in [0.3, 0.4) is 0 Å². The second-order valence-corrected chi connectivity index (χ2v) is 8.12. The second kappa shape index (κ2) is 10.2. The molecule has 13 heteroatoms. The molecule has 12 nitrogen and oxygen atoms in total. The highest BCUT2D eigenvalue weighted by molar-refractivity contribution is 7.09. The number of methoxy groups -OCH3 is 1. The van der Waals surface area contributed by atoms with Gasteiger partial charge in [-0.2, -0.15) is 0 Å². The fourth-order valence-electron chi connectivity index (χ4n) is 3.22. The summed E-state index contributed by atoms with van der Waals surface area (Å²) in [4.78, 5) is 51.2. The maximum absolute atomic E-state index is 12.3. The molecule has 2 heterocycles. The summed E-state index contributed by atoms with van der Waals surface area (Å²) >= 11 is 1.24. The lowest BCUT2D eigenvalue weighted by molar-refractivity contribution is -0.384. The number of para-hydroxylation sites is 2. The monoisotopic (exact) mass is 498 g/mol. The molecule has 180 valence electrons. The number of oxazole rings is 1. The Hall–Kier alpha value is -4.52. The van der Waals surface area contributed by atoms with Crippen molar-refractivity contribution in [1.29, 1.82) is 0 Å². The second-order valence-electron chi connectivity index (χ2n) is 7.18. The highest BCUT2D eigenvalue weighted by Crippen LogP contribution is 2.23. The van der Waals surface area contributed by atoms with Crippen LogP contribution in [-0.4, -0.2) is 33.5 Å². The van der Waals surface area contributed by atoms with E-state index >= 15 is 0 Å². The molecule has 0 fully saturated rings. The van der Waals surface area contributed by atoms with E-state index in [1.807, 2.05) is 0 Å². The van der Waals surface area contributed by atoms with Gasteiger partial charge in [-0.15, -0.1) is 11.3 Å². The lowest BCUT2D eigenvalue weighted by Gasteiger charge is -2.08. The Morgan fingerprint density at radius 1 is 1.26 bits per heavy atom. The average Bonchev–Trinajstić information content (AvgIpc) is 3.41. The molecule has 1 N–H and O–H groups in total. The van der Waals surface area contributed by atoms with Crippen molar-refractivity contribution in [2.75, 3.05) is 12.4 Å². The van der Waals surface area contributed by atoms with E-state index in [1.165, 1.54) is 30.6 Å². The van der Waals surface area contributed by atoms with E-state index in [2.05, 4.69) is 10.3 Å². The van der Waals surface area contributed by atoms with Gasteiger partial charge in [0.2, 0.25) is 5.91 Å². The molecule has 35 heavy (non-hydrogen) atoms. The predicted octanol–water partition coefficient (Wildman–Crippen LogP) is 2.89. The summed E-state index contributed by atoms with van der Waals surface area (Å²) in [6.07, 6.45) is 0.0270. The number of nitro groups is 1. The van der Waals surface area contributed by atoms with Crippen LogP contribution in [0, 0.1) is 10.1 Å². The maximum Gasteiger partial charge on any atom is 0.420 e. The summed E-state index contributed by atoms with van der Waals surface area (Å²) in [6, 6.07) is 10.7. The zero-order valence-corrected chi connectivity index (χ0v) is 19.1. The minimum atomic E-state index is -0.838. The van der Waals surface area contributed by atoms with Gasteiger partial charge in [-0.25, -0.2) is 9.78 Å². The van der Waals surface area contributed by atoms with Gasteiger partial charge < -0.3 is 19.2 Å². The van der Waals surface area contributed by atoms with E-state index in [0.29, 0.717) is 22.1 Å². The zero-order valence-electron chi connectivity index (χ0n) is 18.3. The number of carbonyl (C=O) groups is 2. The first-order valence-electron chi connectivity index (χ1n) is 10.1. The smallest absolute Gasteiger partial charge is 0.420 e. The van der Waals surface area contributed by atoms with Crippen LogP contribution in [0.5, 0.6) is 5.75 Å².